The van der Waals surface area contributed by atoms with Gasteiger partial charge in [-0.3, -0.25) is 9.69 Å². The van der Waals surface area contributed by atoms with Crippen molar-refractivity contribution >= 4 is 28.4 Å². The van der Waals surface area contributed by atoms with Gasteiger partial charge in [0.1, 0.15) is 0 Å². The summed E-state index contributed by atoms with van der Waals surface area (Å²) in [5, 5.41) is 0.303. The van der Waals surface area contributed by atoms with Gasteiger partial charge in [-0.25, -0.2) is 4.99 Å². The molecule has 1 amide bonds. The number of amides is 1. The highest BCUT2D eigenvalue weighted by Gasteiger charge is 2.24. The molecule has 2 aliphatic heterocycles. The number of para-hydroxylation sites is 1. The summed E-state index contributed by atoms with van der Waals surface area (Å²) < 4.78 is 0. The molecule has 1 fully saturated rings. The summed E-state index contributed by atoms with van der Waals surface area (Å²) >= 11 is 1.39. The Morgan fingerprint density at radius 1 is 1.18 bits per heavy atom. The normalized spacial score (nSPS) is 23.0. The molecule has 3 rings (SSSR count). The molecular formula is C17H23N3OS. The van der Waals surface area contributed by atoms with Gasteiger partial charge in [-0.1, -0.05) is 30.0 Å². The number of thioether (sulfide) groups is 1. The fraction of sp³-hybridized carbons (Fsp3) is 0.529. The molecule has 2 aliphatic rings. The summed E-state index contributed by atoms with van der Waals surface area (Å²) in [5.74, 6) is 0. The highest BCUT2D eigenvalue weighted by molar-refractivity contribution is 8.15. The summed E-state index contributed by atoms with van der Waals surface area (Å²) in [6.45, 7) is 7.54. The van der Waals surface area contributed by atoms with E-state index in [0.717, 1.165) is 51.3 Å². The summed E-state index contributed by atoms with van der Waals surface area (Å²) in [4.78, 5) is 20.3. The number of rotatable bonds is 5. The molecule has 0 spiro atoms. The Morgan fingerprint density at radius 3 is 2.55 bits per heavy atom. The van der Waals surface area contributed by atoms with Crippen molar-refractivity contribution in [3.8, 4) is 0 Å². The molecule has 118 valence electrons. The standard InChI is InChI=1S/C17H23N3OS/c1-14-16(22-17(21)18-14)8-5-9-19-10-12-20(13-11-19)15-6-3-2-4-7-15/h2-4,6-7,16H,5,8-13H2,1H3. The van der Waals surface area contributed by atoms with Gasteiger partial charge < -0.3 is 4.90 Å². The van der Waals surface area contributed by atoms with Gasteiger partial charge in [-0.15, -0.1) is 0 Å². The van der Waals surface area contributed by atoms with Crippen LogP contribution < -0.4 is 4.90 Å². The predicted molar refractivity (Wildman–Crippen MR) is 94.2 cm³/mol. The minimum atomic E-state index is -0.0148. The monoisotopic (exact) mass is 317 g/mol. The van der Waals surface area contributed by atoms with Crippen molar-refractivity contribution in [2.45, 2.75) is 25.0 Å². The van der Waals surface area contributed by atoms with Crippen LogP contribution in [-0.2, 0) is 0 Å². The van der Waals surface area contributed by atoms with E-state index in [1.54, 1.807) is 0 Å². The fourth-order valence-electron chi connectivity index (χ4n) is 3.09. The average Bonchev–Trinajstić information content (AvgIpc) is 2.87. The number of hydrogen-bond donors (Lipinski definition) is 0. The van der Waals surface area contributed by atoms with Crippen LogP contribution in [0.25, 0.3) is 0 Å². The van der Waals surface area contributed by atoms with Crippen molar-refractivity contribution in [2.75, 3.05) is 37.6 Å². The van der Waals surface area contributed by atoms with E-state index in [9.17, 15) is 4.79 Å². The molecule has 1 aromatic carbocycles. The second kappa shape index (κ2) is 7.29. The number of carbonyl (C=O) groups excluding carboxylic acids is 1. The third-order valence-corrected chi connectivity index (χ3v) is 5.57. The van der Waals surface area contributed by atoms with Gasteiger partial charge in [0.05, 0.1) is 5.25 Å². The Bertz CT molecular complexity index is 538. The zero-order chi connectivity index (χ0) is 15.4. The van der Waals surface area contributed by atoms with Gasteiger partial charge in [-0.2, -0.15) is 0 Å². The number of aliphatic imine (C=N–C) groups is 1. The highest BCUT2D eigenvalue weighted by Crippen LogP contribution is 2.26. The average molecular weight is 317 g/mol. The van der Waals surface area contributed by atoms with Gasteiger partial charge in [0, 0.05) is 37.6 Å². The van der Waals surface area contributed by atoms with Gasteiger partial charge >= 0.3 is 5.24 Å². The van der Waals surface area contributed by atoms with Crippen LogP contribution in [0.1, 0.15) is 19.8 Å². The summed E-state index contributed by atoms with van der Waals surface area (Å²) in [5.41, 5.74) is 2.33. The lowest BCUT2D eigenvalue weighted by molar-refractivity contribution is 0.254. The molecule has 22 heavy (non-hydrogen) atoms. The lowest BCUT2D eigenvalue weighted by Gasteiger charge is -2.36. The van der Waals surface area contributed by atoms with Gasteiger partial charge in [0.25, 0.3) is 0 Å². The smallest absolute Gasteiger partial charge is 0.305 e. The second-order valence-electron chi connectivity index (χ2n) is 5.93. The van der Waals surface area contributed by atoms with Crippen LogP contribution in [0.2, 0.25) is 0 Å². The molecule has 0 N–H and O–H groups in total. The molecule has 5 heteroatoms. The van der Waals surface area contributed by atoms with Crippen LogP contribution in [-0.4, -0.2) is 53.8 Å². The number of nitrogens with zero attached hydrogens (tertiary/aromatic N) is 3. The molecular weight excluding hydrogens is 294 g/mol. The molecule has 1 saturated heterocycles. The van der Waals surface area contributed by atoms with Crippen molar-refractivity contribution < 1.29 is 4.79 Å². The van der Waals surface area contributed by atoms with E-state index >= 15 is 0 Å². The Balaban J connectivity index is 1.38. The molecule has 1 unspecified atom stereocenters. The first-order chi connectivity index (χ1) is 10.7. The minimum absolute atomic E-state index is 0.0148. The third-order valence-electron chi connectivity index (χ3n) is 4.41. The molecule has 2 heterocycles. The molecule has 0 radical (unpaired) electrons. The fourth-order valence-corrected chi connectivity index (χ4v) is 4.03. The molecule has 0 aliphatic carbocycles. The zero-order valence-corrected chi connectivity index (χ0v) is 13.9. The van der Waals surface area contributed by atoms with Gasteiger partial charge in [0.15, 0.2) is 0 Å². The SMILES string of the molecule is CC1=NC(=O)SC1CCCN1CCN(c2ccccc2)CC1. The van der Waals surface area contributed by atoms with E-state index in [2.05, 4.69) is 45.1 Å². The van der Waals surface area contributed by atoms with E-state index in [4.69, 9.17) is 0 Å². The summed E-state index contributed by atoms with van der Waals surface area (Å²) in [6.07, 6.45) is 2.20. The van der Waals surface area contributed by atoms with Crippen LogP contribution >= 0.6 is 11.8 Å². The number of anilines is 1. The maximum atomic E-state index is 11.3. The molecule has 1 aromatic rings. The molecule has 1 atom stereocenters. The van der Waals surface area contributed by atoms with Crippen molar-refractivity contribution in [1.29, 1.82) is 0 Å². The first-order valence-electron chi connectivity index (χ1n) is 8.00. The van der Waals surface area contributed by atoms with Crippen LogP contribution in [0.3, 0.4) is 0 Å². The maximum Gasteiger partial charge on any atom is 0.305 e. The largest absolute Gasteiger partial charge is 0.369 e. The second-order valence-corrected chi connectivity index (χ2v) is 7.09. The first-order valence-corrected chi connectivity index (χ1v) is 8.88. The zero-order valence-electron chi connectivity index (χ0n) is 13.1. The Hall–Kier alpha value is -1.33. The minimum Gasteiger partial charge on any atom is -0.369 e. The third kappa shape index (κ3) is 3.90. The van der Waals surface area contributed by atoms with Crippen molar-refractivity contribution in [2.24, 2.45) is 4.99 Å². The number of benzene rings is 1. The number of carbonyl (C=O) groups is 1. The Morgan fingerprint density at radius 2 is 1.91 bits per heavy atom. The molecule has 0 bridgehead atoms. The summed E-state index contributed by atoms with van der Waals surface area (Å²) in [6, 6.07) is 10.6. The lowest BCUT2D eigenvalue weighted by Crippen LogP contribution is -2.46. The molecule has 4 nitrogen and oxygen atoms in total. The van der Waals surface area contributed by atoms with Crippen molar-refractivity contribution in [1.82, 2.24) is 4.90 Å². The number of hydrogen-bond acceptors (Lipinski definition) is 4. The van der Waals surface area contributed by atoms with Crippen molar-refractivity contribution in [3.63, 3.8) is 0 Å². The predicted octanol–water partition coefficient (Wildman–Crippen LogP) is 3.29. The molecule has 0 aromatic heterocycles. The Labute approximate surface area is 136 Å². The number of piperazine rings is 1. The topological polar surface area (TPSA) is 35.9 Å². The highest BCUT2D eigenvalue weighted by atomic mass is 32.2. The van der Waals surface area contributed by atoms with E-state index in [1.807, 2.05) is 6.92 Å². The van der Waals surface area contributed by atoms with E-state index in [0.29, 0.717) is 5.25 Å². The van der Waals surface area contributed by atoms with Crippen LogP contribution in [0.5, 0.6) is 0 Å². The lowest BCUT2D eigenvalue weighted by atomic mass is 10.1. The Kier molecular flexibility index (Phi) is 5.16. The first kappa shape index (κ1) is 15.6. The maximum absolute atomic E-state index is 11.3. The van der Waals surface area contributed by atoms with Gasteiger partial charge in [0.2, 0.25) is 0 Å². The summed E-state index contributed by atoms with van der Waals surface area (Å²) in [7, 11) is 0. The van der Waals surface area contributed by atoms with Crippen LogP contribution in [0.15, 0.2) is 35.3 Å². The van der Waals surface area contributed by atoms with Crippen molar-refractivity contribution in [3.05, 3.63) is 30.3 Å². The molecule has 0 saturated carbocycles. The van der Waals surface area contributed by atoms with E-state index < -0.39 is 0 Å². The van der Waals surface area contributed by atoms with Crippen LogP contribution in [0, 0.1) is 0 Å². The van der Waals surface area contributed by atoms with Gasteiger partial charge in [-0.05, 0) is 38.4 Å². The van der Waals surface area contributed by atoms with E-state index in [1.165, 1.54) is 17.4 Å². The van der Waals surface area contributed by atoms with Crippen LogP contribution in [0.4, 0.5) is 10.5 Å². The van der Waals surface area contributed by atoms with E-state index in [-0.39, 0.29) is 5.24 Å². The quantitative estimate of drug-likeness (QED) is 0.835.